The molecule has 0 bridgehead atoms. The van der Waals surface area contributed by atoms with Gasteiger partial charge >= 0.3 is 0 Å². The molecule has 2 atom stereocenters. The van der Waals surface area contributed by atoms with Crippen LogP contribution < -0.4 is 15.4 Å². The highest BCUT2D eigenvalue weighted by atomic mass is 35.5. The number of carbonyl (C=O) groups excluding carboxylic acids is 1. The van der Waals surface area contributed by atoms with Crippen molar-refractivity contribution in [3.8, 4) is 5.75 Å². The number of benzene rings is 1. The van der Waals surface area contributed by atoms with E-state index in [2.05, 4.69) is 17.6 Å². The molecule has 20 heavy (non-hydrogen) atoms. The number of nitrogens with one attached hydrogen (secondary N) is 2. The zero-order chi connectivity index (χ0) is 14.3. The zero-order valence-electron chi connectivity index (χ0n) is 12.6. The Labute approximate surface area is 127 Å². The largest absolute Gasteiger partial charge is 0.491 e. The highest BCUT2D eigenvalue weighted by molar-refractivity contribution is 5.92. The molecule has 2 N–H and O–H groups in total. The molecule has 5 heteroatoms. The molecule has 1 rings (SSSR count). The Morgan fingerprint density at radius 1 is 1.25 bits per heavy atom. The van der Waals surface area contributed by atoms with Crippen LogP contribution in [0, 0.1) is 5.92 Å². The number of carbonyl (C=O) groups is 1. The predicted octanol–water partition coefficient (Wildman–Crippen LogP) is 3.08. The van der Waals surface area contributed by atoms with Crippen LogP contribution in [0.3, 0.4) is 0 Å². The summed E-state index contributed by atoms with van der Waals surface area (Å²) in [6.45, 7) is 6.69. The van der Waals surface area contributed by atoms with E-state index in [0.29, 0.717) is 6.54 Å². The third-order valence-corrected chi connectivity index (χ3v) is 2.99. The summed E-state index contributed by atoms with van der Waals surface area (Å²) in [6, 6.07) is 7.48. The second kappa shape index (κ2) is 9.61. The lowest BCUT2D eigenvalue weighted by atomic mass is 10.1. The Kier molecular flexibility index (Phi) is 9.01. The lowest BCUT2D eigenvalue weighted by Crippen LogP contribution is -2.28. The fourth-order valence-corrected chi connectivity index (χ4v) is 1.60. The standard InChI is InChI=1S/C15H24N2O2.ClH/c1-5-12(3)19-14-8-6-13(7-9-14)17-15(18)11(2)10-16-4;/h6-9,11-12,16H,5,10H2,1-4H3,(H,17,18);1H. The first-order chi connectivity index (χ1) is 9.06. The van der Waals surface area contributed by atoms with E-state index < -0.39 is 0 Å². The van der Waals surface area contributed by atoms with Gasteiger partial charge in [0, 0.05) is 18.2 Å². The summed E-state index contributed by atoms with van der Waals surface area (Å²) < 4.78 is 5.69. The quantitative estimate of drug-likeness (QED) is 0.813. The van der Waals surface area contributed by atoms with Gasteiger partial charge in [0.25, 0.3) is 0 Å². The summed E-state index contributed by atoms with van der Waals surface area (Å²) >= 11 is 0. The summed E-state index contributed by atoms with van der Waals surface area (Å²) in [4.78, 5) is 11.8. The number of amides is 1. The molecule has 0 aliphatic carbocycles. The molecule has 1 aromatic carbocycles. The van der Waals surface area contributed by atoms with Gasteiger partial charge in [0.15, 0.2) is 0 Å². The van der Waals surface area contributed by atoms with Crippen molar-refractivity contribution in [2.24, 2.45) is 5.92 Å². The molecule has 0 aliphatic rings. The second-order valence-electron chi connectivity index (χ2n) is 4.81. The van der Waals surface area contributed by atoms with Gasteiger partial charge in [0.2, 0.25) is 5.91 Å². The first kappa shape index (κ1) is 18.7. The number of anilines is 1. The molecule has 114 valence electrons. The molecule has 0 saturated carbocycles. The summed E-state index contributed by atoms with van der Waals surface area (Å²) in [5.41, 5.74) is 0.796. The average Bonchev–Trinajstić information content (AvgIpc) is 2.41. The van der Waals surface area contributed by atoms with Crippen molar-refractivity contribution in [2.75, 3.05) is 18.9 Å². The highest BCUT2D eigenvalue weighted by Crippen LogP contribution is 2.18. The van der Waals surface area contributed by atoms with E-state index in [-0.39, 0.29) is 30.3 Å². The van der Waals surface area contributed by atoms with Crippen LogP contribution in [0.4, 0.5) is 5.69 Å². The SMILES string of the molecule is CCC(C)Oc1ccc(NC(=O)C(C)CNC)cc1.Cl. The minimum Gasteiger partial charge on any atom is -0.491 e. The molecule has 2 unspecified atom stereocenters. The molecular formula is C15H25ClN2O2. The number of rotatable bonds is 7. The van der Waals surface area contributed by atoms with Crippen molar-refractivity contribution in [2.45, 2.75) is 33.3 Å². The highest BCUT2D eigenvalue weighted by Gasteiger charge is 2.11. The zero-order valence-corrected chi connectivity index (χ0v) is 13.4. The predicted molar refractivity (Wildman–Crippen MR) is 85.8 cm³/mol. The smallest absolute Gasteiger partial charge is 0.228 e. The van der Waals surface area contributed by atoms with E-state index >= 15 is 0 Å². The van der Waals surface area contributed by atoms with Gasteiger partial charge in [-0.25, -0.2) is 0 Å². The van der Waals surface area contributed by atoms with Gasteiger partial charge in [-0.3, -0.25) is 4.79 Å². The molecule has 0 spiro atoms. The van der Waals surface area contributed by atoms with E-state index in [1.54, 1.807) is 0 Å². The second-order valence-corrected chi connectivity index (χ2v) is 4.81. The van der Waals surface area contributed by atoms with Gasteiger partial charge in [0.1, 0.15) is 5.75 Å². The monoisotopic (exact) mass is 300 g/mol. The van der Waals surface area contributed by atoms with Gasteiger partial charge in [-0.2, -0.15) is 0 Å². The Morgan fingerprint density at radius 2 is 1.85 bits per heavy atom. The molecule has 0 aliphatic heterocycles. The van der Waals surface area contributed by atoms with Gasteiger partial charge in [0.05, 0.1) is 6.10 Å². The number of hydrogen-bond donors (Lipinski definition) is 2. The maximum atomic E-state index is 11.8. The summed E-state index contributed by atoms with van der Waals surface area (Å²) in [6.07, 6.45) is 1.18. The summed E-state index contributed by atoms with van der Waals surface area (Å²) in [5, 5.41) is 5.88. The molecule has 0 fully saturated rings. The lowest BCUT2D eigenvalue weighted by molar-refractivity contribution is -0.119. The van der Waals surface area contributed by atoms with Crippen molar-refractivity contribution in [1.82, 2.24) is 5.32 Å². The Bertz CT molecular complexity index is 395. The fraction of sp³-hybridized carbons (Fsp3) is 0.533. The van der Waals surface area contributed by atoms with Crippen molar-refractivity contribution in [1.29, 1.82) is 0 Å². The summed E-state index contributed by atoms with van der Waals surface area (Å²) in [5.74, 6) is 0.793. The van der Waals surface area contributed by atoms with Gasteiger partial charge in [-0.1, -0.05) is 13.8 Å². The Balaban J connectivity index is 0.00000361. The normalized spacial score (nSPS) is 13.0. The summed E-state index contributed by atoms with van der Waals surface area (Å²) in [7, 11) is 1.84. The maximum absolute atomic E-state index is 11.8. The van der Waals surface area contributed by atoms with Crippen LogP contribution in [-0.2, 0) is 4.79 Å². The van der Waals surface area contributed by atoms with Crippen LogP contribution in [0.5, 0.6) is 5.75 Å². The molecule has 0 saturated heterocycles. The van der Waals surface area contributed by atoms with Gasteiger partial charge < -0.3 is 15.4 Å². The molecule has 1 aromatic rings. The molecule has 1 amide bonds. The Hall–Kier alpha value is -1.26. The molecule has 0 heterocycles. The molecule has 4 nitrogen and oxygen atoms in total. The van der Waals surface area contributed by atoms with Crippen molar-refractivity contribution in [3.05, 3.63) is 24.3 Å². The van der Waals surface area contributed by atoms with Gasteiger partial charge in [-0.15, -0.1) is 12.4 Å². The molecular weight excluding hydrogens is 276 g/mol. The van der Waals surface area contributed by atoms with E-state index in [0.717, 1.165) is 17.9 Å². The number of ether oxygens (including phenoxy) is 1. The van der Waals surface area contributed by atoms with Crippen LogP contribution in [0.1, 0.15) is 27.2 Å². The van der Waals surface area contributed by atoms with Crippen LogP contribution in [0.2, 0.25) is 0 Å². The third-order valence-electron chi connectivity index (χ3n) is 2.99. The molecule has 0 radical (unpaired) electrons. The topological polar surface area (TPSA) is 50.4 Å². The van der Waals surface area contributed by atoms with E-state index in [4.69, 9.17) is 4.74 Å². The van der Waals surface area contributed by atoms with E-state index in [1.807, 2.05) is 45.2 Å². The van der Waals surface area contributed by atoms with E-state index in [9.17, 15) is 4.79 Å². The van der Waals surface area contributed by atoms with Crippen molar-refractivity contribution < 1.29 is 9.53 Å². The first-order valence-corrected chi connectivity index (χ1v) is 6.79. The van der Waals surface area contributed by atoms with Gasteiger partial charge in [-0.05, 0) is 44.7 Å². The lowest BCUT2D eigenvalue weighted by Gasteiger charge is -2.14. The molecule has 0 aromatic heterocycles. The first-order valence-electron chi connectivity index (χ1n) is 6.79. The fourth-order valence-electron chi connectivity index (χ4n) is 1.60. The maximum Gasteiger partial charge on any atom is 0.228 e. The Morgan fingerprint density at radius 3 is 2.35 bits per heavy atom. The minimum absolute atomic E-state index is 0. The van der Waals surface area contributed by atoms with Crippen molar-refractivity contribution in [3.63, 3.8) is 0 Å². The number of hydrogen-bond acceptors (Lipinski definition) is 3. The van der Waals surface area contributed by atoms with Crippen LogP contribution >= 0.6 is 12.4 Å². The van der Waals surface area contributed by atoms with Crippen molar-refractivity contribution >= 4 is 24.0 Å². The third kappa shape index (κ3) is 6.26. The van der Waals surface area contributed by atoms with Crippen LogP contribution in [0.15, 0.2) is 24.3 Å². The number of halogens is 1. The van der Waals surface area contributed by atoms with Crippen LogP contribution in [0.25, 0.3) is 0 Å². The van der Waals surface area contributed by atoms with E-state index in [1.165, 1.54) is 0 Å². The average molecular weight is 301 g/mol. The minimum atomic E-state index is -0.0546. The van der Waals surface area contributed by atoms with Crippen LogP contribution in [-0.4, -0.2) is 25.6 Å².